The molecule has 1 nitrogen and oxygen atoms in total. The first-order valence-electron chi connectivity index (χ1n) is 6.58. The van der Waals surface area contributed by atoms with Crippen LogP contribution in [0.4, 0.5) is 0 Å². The maximum atomic E-state index is 3.85. The molecule has 0 radical (unpaired) electrons. The van der Waals surface area contributed by atoms with Gasteiger partial charge in [-0.1, -0.05) is 50.7 Å². The number of hydrogen-bond acceptors (Lipinski definition) is 1. The van der Waals surface area contributed by atoms with Gasteiger partial charge in [0.15, 0.2) is 0 Å². The van der Waals surface area contributed by atoms with Crippen molar-refractivity contribution in [1.29, 1.82) is 0 Å². The fourth-order valence-electron chi connectivity index (χ4n) is 2.76. The number of benzene rings is 1. The van der Waals surface area contributed by atoms with Crippen LogP contribution in [0.1, 0.15) is 24.0 Å². The molecule has 0 unspecified atom stereocenters. The van der Waals surface area contributed by atoms with E-state index in [1.54, 1.807) is 0 Å². The average Bonchev–Trinajstić information content (AvgIpc) is 2.83. The Morgan fingerprint density at radius 1 is 1.29 bits per heavy atom. The van der Waals surface area contributed by atoms with Gasteiger partial charge in [-0.3, -0.25) is 0 Å². The van der Waals surface area contributed by atoms with Gasteiger partial charge in [-0.25, -0.2) is 0 Å². The normalized spacial score (nSPS) is 17.3. The van der Waals surface area contributed by atoms with Gasteiger partial charge in [0.05, 0.1) is 0 Å². The Bertz CT molecular complexity index is 392. The minimum absolute atomic E-state index is 1.24. The first-order valence-corrected chi connectivity index (χ1v) is 9.74. The third-order valence-electron chi connectivity index (χ3n) is 3.79. The van der Waals surface area contributed by atoms with Crippen LogP contribution >= 0.6 is 0 Å². The van der Waals surface area contributed by atoms with Crippen molar-refractivity contribution >= 4 is 14.3 Å². The summed E-state index contributed by atoms with van der Waals surface area (Å²) in [4.78, 5) is 0. The molecular weight excluding hydrogens is 222 g/mol. The van der Waals surface area contributed by atoms with Crippen molar-refractivity contribution in [2.75, 3.05) is 13.1 Å². The second-order valence-corrected chi connectivity index (χ2v) is 10.2. The monoisotopic (exact) mass is 245 g/mol. The second kappa shape index (κ2) is 5.19. The van der Waals surface area contributed by atoms with Gasteiger partial charge >= 0.3 is 0 Å². The van der Waals surface area contributed by atoms with E-state index in [0.29, 0.717) is 0 Å². The molecule has 0 aromatic heterocycles. The van der Waals surface area contributed by atoms with Crippen molar-refractivity contribution < 1.29 is 0 Å². The predicted octanol–water partition coefficient (Wildman–Crippen LogP) is 3.71. The van der Waals surface area contributed by atoms with Crippen LogP contribution in [0.3, 0.4) is 0 Å². The summed E-state index contributed by atoms with van der Waals surface area (Å²) in [5.41, 5.74) is 2.72. The van der Waals surface area contributed by atoms with Crippen LogP contribution in [-0.2, 0) is 6.04 Å². The van der Waals surface area contributed by atoms with Crippen molar-refractivity contribution in [3.05, 3.63) is 42.0 Å². The van der Waals surface area contributed by atoms with Crippen molar-refractivity contribution in [3.63, 3.8) is 0 Å². The van der Waals surface area contributed by atoms with Gasteiger partial charge in [0.1, 0.15) is 0 Å². The topological polar surface area (TPSA) is 3.24 Å². The molecule has 0 saturated carbocycles. The summed E-state index contributed by atoms with van der Waals surface area (Å²) < 4.78 is 2.76. The zero-order chi connectivity index (χ0) is 12.3. The van der Waals surface area contributed by atoms with E-state index >= 15 is 0 Å². The molecule has 0 aliphatic carbocycles. The lowest BCUT2D eigenvalue weighted by atomic mass is 10.1. The summed E-state index contributed by atoms with van der Waals surface area (Å²) in [6, 6.07) is 10.1. The highest BCUT2D eigenvalue weighted by molar-refractivity contribution is 6.74. The summed E-state index contributed by atoms with van der Waals surface area (Å²) in [5, 5.41) is 0. The maximum absolute atomic E-state index is 3.85. The largest absolute Gasteiger partial charge is 0.451 e. The molecule has 0 spiro atoms. The molecule has 1 heterocycles. The Labute approximate surface area is 106 Å². The maximum Gasteiger partial charge on any atom is -0.0261 e. The molecule has 1 aliphatic heterocycles. The first kappa shape index (κ1) is 12.6. The van der Waals surface area contributed by atoms with E-state index in [0.717, 1.165) is 0 Å². The summed E-state index contributed by atoms with van der Waals surface area (Å²) in [6.07, 6.45) is 4.72. The summed E-state index contributed by atoms with van der Waals surface area (Å²) in [5.74, 6) is 0. The fourth-order valence-corrected chi connectivity index (χ4v) is 5.73. The molecule has 2 heteroatoms. The van der Waals surface area contributed by atoms with Crippen LogP contribution in [0.15, 0.2) is 30.8 Å². The predicted molar refractivity (Wildman–Crippen MR) is 78.5 cm³/mol. The van der Waals surface area contributed by atoms with Crippen molar-refractivity contribution in [2.45, 2.75) is 32.0 Å². The molecule has 0 amide bonds. The number of rotatable bonds is 4. The zero-order valence-electron chi connectivity index (χ0n) is 11.1. The van der Waals surface area contributed by atoms with Crippen LogP contribution < -0.4 is 0 Å². The summed E-state index contributed by atoms with van der Waals surface area (Å²) >= 11 is 0. The van der Waals surface area contributed by atoms with Crippen molar-refractivity contribution in [1.82, 2.24) is 4.57 Å². The summed E-state index contributed by atoms with van der Waals surface area (Å²) in [7, 11) is -1.25. The highest BCUT2D eigenvalue weighted by Crippen LogP contribution is 2.22. The lowest BCUT2D eigenvalue weighted by Crippen LogP contribution is -2.49. The molecule has 93 valence electrons. The van der Waals surface area contributed by atoms with Gasteiger partial charge in [-0.05, 0) is 31.5 Å². The van der Waals surface area contributed by atoms with Gasteiger partial charge < -0.3 is 4.57 Å². The Morgan fingerprint density at radius 2 is 2.00 bits per heavy atom. The van der Waals surface area contributed by atoms with Crippen LogP contribution in [-0.4, -0.2) is 25.9 Å². The van der Waals surface area contributed by atoms with Gasteiger partial charge in [0, 0.05) is 0 Å². The molecule has 0 bridgehead atoms. The zero-order valence-corrected chi connectivity index (χ0v) is 12.1. The molecule has 1 aliphatic rings. The van der Waals surface area contributed by atoms with Gasteiger partial charge in [-0.15, -0.1) is 6.04 Å². The highest BCUT2D eigenvalue weighted by atomic mass is 28.3. The molecule has 2 rings (SSSR count). The van der Waals surface area contributed by atoms with E-state index in [4.69, 9.17) is 0 Å². The third-order valence-corrected chi connectivity index (χ3v) is 7.22. The smallest absolute Gasteiger partial charge is 0.0261 e. The summed E-state index contributed by atoms with van der Waals surface area (Å²) in [6.45, 7) is 11.5. The van der Waals surface area contributed by atoms with E-state index < -0.39 is 8.24 Å². The van der Waals surface area contributed by atoms with E-state index in [1.165, 1.54) is 43.1 Å². The Hall–Kier alpha value is -0.863. The molecule has 0 N–H and O–H groups in total. The van der Waals surface area contributed by atoms with Gasteiger partial charge in [0.25, 0.3) is 0 Å². The molecule has 1 fully saturated rings. The second-order valence-electron chi connectivity index (χ2n) is 5.63. The van der Waals surface area contributed by atoms with E-state index in [-0.39, 0.29) is 0 Å². The third kappa shape index (κ3) is 3.08. The standard InChI is InChI=1S/C15H23NSi/c1-4-14-8-7-9-15(12-14)13-17(2,3)16-10-5-6-11-16/h4,7-9,12H,1,5-6,10-11,13H2,2-3H3/q-1. The van der Waals surface area contributed by atoms with E-state index in [2.05, 4.69) is 48.5 Å². The Balaban J connectivity index is 2.10. The van der Waals surface area contributed by atoms with Gasteiger partial charge in [0.2, 0.25) is 0 Å². The molecule has 1 aromatic carbocycles. The lowest BCUT2D eigenvalue weighted by molar-refractivity contribution is 0.517. The van der Waals surface area contributed by atoms with Crippen molar-refractivity contribution in [3.8, 4) is 0 Å². The number of hydrogen-bond donors (Lipinski definition) is 0. The Morgan fingerprint density at radius 3 is 2.65 bits per heavy atom. The minimum Gasteiger partial charge on any atom is -0.451 e. The SMILES string of the molecule is C=Cc1cccc(C[Si-](C)(C)N2CCCC2)c1. The van der Waals surface area contributed by atoms with Crippen molar-refractivity contribution in [2.24, 2.45) is 0 Å². The van der Waals surface area contributed by atoms with E-state index in [1.807, 2.05) is 6.08 Å². The molecule has 17 heavy (non-hydrogen) atoms. The molecular formula is C15H23NSi-. The van der Waals surface area contributed by atoms with E-state index in [9.17, 15) is 0 Å². The van der Waals surface area contributed by atoms with Crippen LogP contribution in [0.2, 0.25) is 13.1 Å². The molecule has 1 aromatic rings. The quantitative estimate of drug-likeness (QED) is 0.731. The Kier molecular flexibility index (Phi) is 3.85. The van der Waals surface area contributed by atoms with Crippen LogP contribution in [0, 0.1) is 0 Å². The first-order chi connectivity index (χ1) is 8.12. The van der Waals surface area contributed by atoms with Crippen LogP contribution in [0.25, 0.3) is 6.08 Å². The number of nitrogens with zero attached hydrogens (tertiary/aromatic N) is 1. The fraction of sp³-hybridized carbons (Fsp3) is 0.467. The lowest BCUT2D eigenvalue weighted by Gasteiger charge is -2.45. The average molecular weight is 245 g/mol. The highest BCUT2D eigenvalue weighted by Gasteiger charge is 2.20. The molecule has 0 atom stereocenters. The molecule has 1 saturated heterocycles. The minimum atomic E-state index is -1.25. The van der Waals surface area contributed by atoms with Crippen LogP contribution in [0.5, 0.6) is 0 Å². The van der Waals surface area contributed by atoms with Gasteiger partial charge in [-0.2, -0.15) is 13.1 Å².